The minimum Gasteiger partial charge on any atom is -0.353 e. The number of rotatable bonds is 3. The van der Waals surface area contributed by atoms with E-state index in [1.807, 2.05) is 6.08 Å². The Labute approximate surface area is 160 Å². The van der Waals surface area contributed by atoms with Gasteiger partial charge in [0.15, 0.2) is 0 Å². The molecule has 6 nitrogen and oxygen atoms in total. The molecule has 1 amide bonds. The van der Waals surface area contributed by atoms with Crippen molar-refractivity contribution in [2.75, 3.05) is 0 Å². The molecule has 4 rings (SSSR count). The van der Waals surface area contributed by atoms with Crippen LogP contribution in [-0.2, 0) is 4.79 Å². The molecule has 3 aliphatic rings. The number of carbonyl (C=O) groups is 1. The number of carbonyl (C=O) groups excluding carboxylic acids is 1. The van der Waals surface area contributed by atoms with E-state index < -0.39 is 11.1 Å². The van der Waals surface area contributed by atoms with Crippen LogP contribution in [0.15, 0.2) is 14.1 Å². The number of aromatic amines is 1. The number of amides is 1. The second kappa shape index (κ2) is 7.18. The number of allylic oxidation sites excluding steroid dienone is 1. The Bertz CT molecular complexity index is 864. The van der Waals surface area contributed by atoms with E-state index in [9.17, 15) is 14.4 Å². The maximum Gasteiger partial charge on any atom is 0.316 e. The van der Waals surface area contributed by atoms with Crippen molar-refractivity contribution in [3.05, 3.63) is 36.6 Å². The molecule has 0 aromatic carbocycles. The molecule has 7 heteroatoms. The average molecular weight is 422 g/mol. The van der Waals surface area contributed by atoms with E-state index in [1.165, 1.54) is 6.42 Å². The molecule has 1 aromatic heterocycles. The van der Waals surface area contributed by atoms with Crippen LogP contribution in [0.3, 0.4) is 0 Å². The molecule has 2 unspecified atom stereocenters. The van der Waals surface area contributed by atoms with Gasteiger partial charge in [-0.2, -0.15) is 0 Å². The van der Waals surface area contributed by atoms with Crippen LogP contribution in [-0.4, -0.2) is 21.5 Å². The molecule has 2 N–H and O–H groups in total. The first-order chi connectivity index (χ1) is 12.5. The summed E-state index contributed by atoms with van der Waals surface area (Å²) in [5.41, 5.74) is 0.450. The molecule has 0 saturated heterocycles. The molecule has 140 valence electrons. The summed E-state index contributed by atoms with van der Waals surface area (Å²) in [6, 6.07) is 0.0277. The maximum absolute atomic E-state index is 12.6. The van der Waals surface area contributed by atoms with E-state index in [2.05, 4.69) is 26.2 Å². The molecule has 1 saturated carbocycles. The molecule has 1 aromatic rings. The van der Waals surface area contributed by atoms with Gasteiger partial charge in [0, 0.05) is 30.1 Å². The lowest BCUT2D eigenvalue weighted by Crippen LogP contribution is -2.45. The van der Waals surface area contributed by atoms with Crippen LogP contribution >= 0.6 is 15.9 Å². The molecule has 2 atom stereocenters. The summed E-state index contributed by atoms with van der Waals surface area (Å²) < 4.78 is 2.64. The monoisotopic (exact) mass is 421 g/mol. The minimum absolute atomic E-state index is 0.00573. The molecular formula is C19H24BrN3O3. The number of aromatic nitrogens is 2. The van der Waals surface area contributed by atoms with Gasteiger partial charge in [-0.1, -0.05) is 35.2 Å². The van der Waals surface area contributed by atoms with Crippen LogP contribution in [0.5, 0.6) is 0 Å². The smallest absolute Gasteiger partial charge is 0.316 e. The zero-order valence-corrected chi connectivity index (χ0v) is 16.3. The Balaban J connectivity index is 1.61. The van der Waals surface area contributed by atoms with Crippen LogP contribution < -0.4 is 16.4 Å². The van der Waals surface area contributed by atoms with Crippen LogP contribution in [0.25, 0.3) is 6.08 Å². The Hall–Kier alpha value is -1.63. The Morgan fingerprint density at radius 2 is 1.96 bits per heavy atom. The van der Waals surface area contributed by atoms with Crippen molar-refractivity contribution in [3.8, 4) is 0 Å². The first-order valence-corrected chi connectivity index (χ1v) is 10.4. The van der Waals surface area contributed by atoms with Gasteiger partial charge >= 0.3 is 11.1 Å². The van der Waals surface area contributed by atoms with Crippen molar-refractivity contribution in [2.45, 2.75) is 75.8 Å². The number of hydrogen-bond acceptors (Lipinski definition) is 3. The highest BCUT2D eigenvalue weighted by molar-refractivity contribution is 9.11. The normalized spacial score (nSPS) is 25.3. The van der Waals surface area contributed by atoms with Crippen molar-refractivity contribution < 1.29 is 4.79 Å². The number of halogens is 1. The fourth-order valence-corrected chi connectivity index (χ4v) is 5.35. The van der Waals surface area contributed by atoms with Gasteiger partial charge in [0.25, 0.3) is 0 Å². The fourth-order valence-electron chi connectivity index (χ4n) is 4.73. The topological polar surface area (TPSA) is 84.0 Å². The highest BCUT2D eigenvalue weighted by Gasteiger charge is 2.34. The molecule has 0 spiro atoms. The van der Waals surface area contributed by atoms with E-state index in [-0.39, 0.29) is 30.3 Å². The zero-order chi connectivity index (χ0) is 18.3. The number of nitrogens with one attached hydrogen (secondary N) is 2. The van der Waals surface area contributed by atoms with Gasteiger partial charge in [-0.25, -0.2) is 0 Å². The molecule has 2 heterocycles. The van der Waals surface area contributed by atoms with Gasteiger partial charge in [-0.15, -0.1) is 0 Å². The lowest BCUT2D eigenvalue weighted by molar-refractivity contribution is -0.122. The average Bonchev–Trinajstić information content (AvgIpc) is 2.61. The molecule has 26 heavy (non-hydrogen) atoms. The van der Waals surface area contributed by atoms with Gasteiger partial charge in [-0.05, 0) is 42.7 Å². The summed E-state index contributed by atoms with van der Waals surface area (Å²) in [6.07, 6.45) is 10.3. The molecule has 1 fully saturated rings. The molecule has 2 aliphatic carbocycles. The maximum atomic E-state index is 12.6. The largest absolute Gasteiger partial charge is 0.353 e. The van der Waals surface area contributed by atoms with Crippen LogP contribution in [0.2, 0.25) is 0 Å². The predicted octanol–water partition coefficient (Wildman–Crippen LogP) is 2.93. The highest BCUT2D eigenvalue weighted by atomic mass is 79.9. The summed E-state index contributed by atoms with van der Waals surface area (Å²) in [6.45, 7) is 0. The van der Waals surface area contributed by atoms with Crippen molar-refractivity contribution in [2.24, 2.45) is 0 Å². The van der Waals surface area contributed by atoms with Crippen LogP contribution in [0.4, 0.5) is 0 Å². The lowest BCUT2D eigenvalue weighted by Gasteiger charge is -2.36. The molecule has 0 radical (unpaired) electrons. The summed E-state index contributed by atoms with van der Waals surface area (Å²) in [5.74, 6) is 0.209. The van der Waals surface area contributed by atoms with E-state index in [4.69, 9.17) is 0 Å². The van der Waals surface area contributed by atoms with Crippen molar-refractivity contribution in [3.63, 3.8) is 0 Å². The van der Waals surface area contributed by atoms with E-state index >= 15 is 0 Å². The first kappa shape index (κ1) is 17.8. The third-order valence-corrected chi connectivity index (χ3v) is 6.48. The van der Waals surface area contributed by atoms with Crippen molar-refractivity contribution >= 4 is 27.9 Å². The Kier molecular flexibility index (Phi) is 4.90. The number of H-pyrrole nitrogens is 1. The van der Waals surface area contributed by atoms with Crippen molar-refractivity contribution in [1.82, 2.24) is 14.9 Å². The Morgan fingerprint density at radius 3 is 2.73 bits per heavy atom. The summed E-state index contributed by atoms with van der Waals surface area (Å²) >= 11 is 3.53. The zero-order valence-electron chi connectivity index (χ0n) is 14.7. The van der Waals surface area contributed by atoms with E-state index in [0.717, 1.165) is 55.1 Å². The van der Waals surface area contributed by atoms with Gasteiger partial charge in [0.05, 0.1) is 5.69 Å². The molecular weight excluding hydrogens is 398 g/mol. The summed E-state index contributed by atoms with van der Waals surface area (Å²) in [7, 11) is 0. The standard InChI is InChI=1S/C19H24BrN3O3/c20-12-8-11-6-7-14(10-16(24)21-13-4-2-1-3-5-13)23-17(11)15(9-12)22-18(25)19(23)26/h9,11,13-14H,1-8,10H2,(H,21,24)(H,22,25). The third kappa shape index (κ3) is 3.33. The summed E-state index contributed by atoms with van der Waals surface area (Å²) in [4.78, 5) is 40.0. The molecule has 0 bridgehead atoms. The van der Waals surface area contributed by atoms with Gasteiger partial charge in [0.2, 0.25) is 5.91 Å². The highest BCUT2D eigenvalue weighted by Crippen LogP contribution is 2.43. The quantitative estimate of drug-likeness (QED) is 0.735. The Morgan fingerprint density at radius 1 is 1.19 bits per heavy atom. The van der Waals surface area contributed by atoms with E-state index in [0.29, 0.717) is 5.69 Å². The molecule has 1 aliphatic heterocycles. The van der Waals surface area contributed by atoms with Gasteiger partial charge in [0.1, 0.15) is 0 Å². The third-order valence-electron chi connectivity index (χ3n) is 5.93. The summed E-state index contributed by atoms with van der Waals surface area (Å²) in [5, 5.41) is 3.13. The minimum atomic E-state index is -0.611. The van der Waals surface area contributed by atoms with E-state index in [1.54, 1.807) is 4.57 Å². The van der Waals surface area contributed by atoms with Gasteiger partial charge < -0.3 is 14.9 Å². The van der Waals surface area contributed by atoms with Crippen LogP contribution in [0.1, 0.15) is 81.1 Å². The second-order valence-electron chi connectivity index (χ2n) is 7.76. The number of hydrogen-bond donors (Lipinski definition) is 2. The lowest BCUT2D eigenvalue weighted by atomic mass is 9.84. The first-order valence-electron chi connectivity index (χ1n) is 9.57. The predicted molar refractivity (Wildman–Crippen MR) is 103 cm³/mol. The number of nitrogens with zero attached hydrogens (tertiary/aromatic N) is 1. The van der Waals surface area contributed by atoms with Crippen LogP contribution in [0, 0.1) is 0 Å². The van der Waals surface area contributed by atoms with Crippen molar-refractivity contribution in [1.29, 1.82) is 0 Å². The second-order valence-corrected chi connectivity index (χ2v) is 8.78. The fraction of sp³-hybridized carbons (Fsp3) is 0.632. The van der Waals surface area contributed by atoms with Gasteiger partial charge in [-0.3, -0.25) is 14.4 Å². The SMILES string of the molecule is O=C(CC1CCC2CC(Br)=Cc3[nH]c(=O)c(=O)n1c32)NC1CCCCC1.